The van der Waals surface area contributed by atoms with Gasteiger partial charge in [0.1, 0.15) is 5.54 Å². The van der Waals surface area contributed by atoms with Crippen molar-refractivity contribution in [2.24, 2.45) is 0 Å². The average Bonchev–Trinajstić information content (AvgIpc) is 2.26. The third kappa shape index (κ3) is 5.53. The Balaban J connectivity index is 4.59. The van der Waals surface area contributed by atoms with E-state index in [0.717, 1.165) is 32.1 Å². The molecule has 102 valence electrons. The van der Waals surface area contributed by atoms with Gasteiger partial charge in [-0.15, -0.1) is 0 Å². The number of carboxylic acids is 1. The lowest BCUT2D eigenvalue weighted by molar-refractivity contribution is -0.146. The first-order valence-corrected chi connectivity index (χ1v) is 7.03. The van der Waals surface area contributed by atoms with Crippen LogP contribution in [-0.2, 0) is 4.79 Å². The number of carboxylic acid groups (broad SMARTS) is 1. The SMILES string of the molecule is CCCCC(C)NC(CCC)(CCC)C(=O)O. The molecular weight excluding hydrogens is 214 g/mol. The van der Waals surface area contributed by atoms with E-state index in [4.69, 9.17) is 0 Å². The Kier molecular flexibility index (Phi) is 8.23. The molecule has 0 aromatic rings. The molecule has 0 radical (unpaired) electrons. The Morgan fingerprint density at radius 3 is 2.06 bits per heavy atom. The van der Waals surface area contributed by atoms with Crippen molar-refractivity contribution in [3.63, 3.8) is 0 Å². The molecule has 2 N–H and O–H groups in total. The molecule has 0 aliphatic carbocycles. The molecule has 0 amide bonds. The van der Waals surface area contributed by atoms with Crippen LogP contribution in [-0.4, -0.2) is 22.7 Å². The summed E-state index contributed by atoms with van der Waals surface area (Å²) in [5, 5.41) is 12.9. The van der Waals surface area contributed by atoms with Gasteiger partial charge in [-0.3, -0.25) is 10.1 Å². The van der Waals surface area contributed by atoms with Crippen LogP contribution in [0.4, 0.5) is 0 Å². The van der Waals surface area contributed by atoms with Crippen molar-refractivity contribution < 1.29 is 9.90 Å². The lowest BCUT2D eigenvalue weighted by Crippen LogP contribution is -2.55. The van der Waals surface area contributed by atoms with Crippen molar-refractivity contribution in [2.45, 2.75) is 84.2 Å². The van der Waals surface area contributed by atoms with Crippen molar-refractivity contribution in [1.29, 1.82) is 0 Å². The van der Waals surface area contributed by atoms with Crippen LogP contribution in [0.25, 0.3) is 0 Å². The monoisotopic (exact) mass is 243 g/mol. The molecule has 1 unspecified atom stereocenters. The summed E-state index contributed by atoms with van der Waals surface area (Å²) in [5.41, 5.74) is -0.712. The van der Waals surface area contributed by atoms with E-state index in [0.29, 0.717) is 12.8 Å². The maximum atomic E-state index is 11.5. The number of carbonyl (C=O) groups is 1. The average molecular weight is 243 g/mol. The van der Waals surface area contributed by atoms with Crippen molar-refractivity contribution in [2.75, 3.05) is 0 Å². The predicted octanol–water partition coefficient (Wildman–Crippen LogP) is 3.58. The van der Waals surface area contributed by atoms with Crippen molar-refractivity contribution in [1.82, 2.24) is 5.32 Å². The Bertz CT molecular complexity index is 210. The summed E-state index contributed by atoms with van der Waals surface area (Å²) < 4.78 is 0. The van der Waals surface area contributed by atoms with Crippen LogP contribution in [0.3, 0.4) is 0 Å². The van der Waals surface area contributed by atoms with E-state index in [1.54, 1.807) is 0 Å². The first kappa shape index (κ1) is 16.4. The van der Waals surface area contributed by atoms with Gasteiger partial charge in [0.05, 0.1) is 0 Å². The molecule has 0 heterocycles. The van der Waals surface area contributed by atoms with E-state index in [1.165, 1.54) is 0 Å². The normalized spacial score (nSPS) is 13.6. The highest BCUT2D eigenvalue weighted by molar-refractivity contribution is 5.78. The quantitative estimate of drug-likeness (QED) is 0.616. The zero-order valence-electron chi connectivity index (χ0n) is 11.9. The van der Waals surface area contributed by atoms with Gasteiger partial charge in [-0.1, -0.05) is 46.5 Å². The molecule has 0 aromatic heterocycles. The molecule has 3 nitrogen and oxygen atoms in total. The van der Waals surface area contributed by atoms with Crippen LogP contribution in [0.5, 0.6) is 0 Å². The van der Waals surface area contributed by atoms with E-state index in [2.05, 4.69) is 19.2 Å². The second-order valence-corrected chi connectivity index (χ2v) is 5.07. The zero-order valence-corrected chi connectivity index (χ0v) is 11.9. The topological polar surface area (TPSA) is 49.3 Å². The van der Waals surface area contributed by atoms with Gasteiger partial charge in [-0.2, -0.15) is 0 Å². The minimum atomic E-state index is -0.712. The van der Waals surface area contributed by atoms with Crippen LogP contribution in [0.15, 0.2) is 0 Å². The summed E-state index contributed by atoms with van der Waals surface area (Å²) in [6, 6.07) is 0.282. The third-order valence-corrected chi connectivity index (χ3v) is 3.28. The minimum Gasteiger partial charge on any atom is -0.480 e. The summed E-state index contributed by atoms with van der Waals surface area (Å²) in [5.74, 6) is -0.690. The van der Waals surface area contributed by atoms with Gasteiger partial charge < -0.3 is 5.11 Å². The van der Waals surface area contributed by atoms with Gasteiger partial charge in [-0.05, 0) is 26.2 Å². The molecule has 1 atom stereocenters. The van der Waals surface area contributed by atoms with Crippen molar-refractivity contribution >= 4 is 5.97 Å². The molecular formula is C14H29NO2. The fourth-order valence-electron chi connectivity index (χ4n) is 2.45. The summed E-state index contributed by atoms with van der Waals surface area (Å²) in [4.78, 5) is 11.5. The number of hydrogen-bond acceptors (Lipinski definition) is 2. The van der Waals surface area contributed by atoms with E-state index < -0.39 is 11.5 Å². The van der Waals surface area contributed by atoms with E-state index in [1.807, 2.05) is 13.8 Å². The highest BCUT2D eigenvalue weighted by Crippen LogP contribution is 2.22. The van der Waals surface area contributed by atoms with Gasteiger partial charge in [0.15, 0.2) is 0 Å². The zero-order chi connectivity index (χ0) is 13.3. The maximum absolute atomic E-state index is 11.5. The molecule has 0 fully saturated rings. The van der Waals surface area contributed by atoms with Crippen molar-refractivity contribution in [3.8, 4) is 0 Å². The van der Waals surface area contributed by atoms with Crippen LogP contribution in [0, 0.1) is 0 Å². The second kappa shape index (κ2) is 8.51. The molecule has 0 spiro atoms. The Labute approximate surface area is 106 Å². The standard InChI is InChI=1S/C14H29NO2/c1-5-8-9-12(4)15-14(10-6-2,11-7-3)13(16)17/h12,15H,5-11H2,1-4H3,(H,16,17). The molecule has 0 aromatic carbocycles. The van der Waals surface area contributed by atoms with E-state index in [-0.39, 0.29) is 6.04 Å². The highest BCUT2D eigenvalue weighted by atomic mass is 16.4. The summed E-state index contributed by atoms with van der Waals surface area (Å²) >= 11 is 0. The second-order valence-electron chi connectivity index (χ2n) is 5.07. The Morgan fingerprint density at radius 1 is 1.18 bits per heavy atom. The Hall–Kier alpha value is -0.570. The minimum absolute atomic E-state index is 0.282. The molecule has 0 saturated carbocycles. The molecule has 0 bridgehead atoms. The molecule has 3 heteroatoms. The van der Waals surface area contributed by atoms with Gasteiger partial charge >= 0.3 is 5.97 Å². The van der Waals surface area contributed by atoms with E-state index >= 15 is 0 Å². The molecule has 0 rings (SSSR count). The summed E-state index contributed by atoms with van der Waals surface area (Å²) in [6.45, 7) is 8.35. The number of nitrogens with one attached hydrogen (secondary N) is 1. The van der Waals surface area contributed by atoms with Gasteiger partial charge in [0, 0.05) is 6.04 Å². The smallest absolute Gasteiger partial charge is 0.323 e. The van der Waals surface area contributed by atoms with Crippen LogP contribution in [0.2, 0.25) is 0 Å². The maximum Gasteiger partial charge on any atom is 0.323 e. The third-order valence-electron chi connectivity index (χ3n) is 3.28. The van der Waals surface area contributed by atoms with Crippen LogP contribution >= 0.6 is 0 Å². The fraction of sp³-hybridized carbons (Fsp3) is 0.929. The predicted molar refractivity (Wildman–Crippen MR) is 72.3 cm³/mol. The number of rotatable bonds is 10. The van der Waals surface area contributed by atoms with Crippen molar-refractivity contribution in [3.05, 3.63) is 0 Å². The molecule has 0 aliphatic rings. The number of unbranched alkanes of at least 4 members (excludes halogenated alkanes) is 1. The van der Waals surface area contributed by atoms with Crippen LogP contribution < -0.4 is 5.32 Å². The largest absolute Gasteiger partial charge is 0.480 e. The van der Waals surface area contributed by atoms with E-state index in [9.17, 15) is 9.90 Å². The Morgan fingerprint density at radius 2 is 1.71 bits per heavy atom. The number of hydrogen-bond donors (Lipinski definition) is 2. The summed E-state index contributed by atoms with van der Waals surface area (Å²) in [6.07, 6.45) is 6.60. The fourth-order valence-corrected chi connectivity index (χ4v) is 2.45. The molecule has 0 aliphatic heterocycles. The lowest BCUT2D eigenvalue weighted by Gasteiger charge is -2.33. The first-order chi connectivity index (χ1) is 8.02. The summed E-state index contributed by atoms with van der Waals surface area (Å²) in [7, 11) is 0. The van der Waals surface area contributed by atoms with Gasteiger partial charge in [-0.25, -0.2) is 0 Å². The lowest BCUT2D eigenvalue weighted by atomic mass is 9.87. The number of aliphatic carboxylic acids is 1. The molecule has 17 heavy (non-hydrogen) atoms. The van der Waals surface area contributed by atoms with Gasteiger partial charge in [0.25, 0.3) is 0 Å². The van der Waals surface area contributed by atoms with Crippen LogP contribution in [0.1, 0.15) is 72.6 Å². The molecule has 0 saturated heterocycles. The van der Waals surface area contributed by atoms with Gasteiger partial charge in [0.2, 0.25) is 0 Å². The first-order valence-electron chi connectivity index (χ1n) is 7.03. The highest BCUT2D eigenvalue weighted by Gasteiger charge is 2.37.